The van der Waals surface area contributed by atoms with Gasteiger partial charge in [-0.25, -0.2) is 4.79 Å². The van der Waals surface area contributed by atoms with E-state index < -0.39 is 5.97 Å². The predicted molar refractivity (Wildman–Crippen MR) is 71.7 cm³/mol. The van der Waals surface area contributed by atoms with Crippen molar-refractivity contribution in [3.8, 4) is 11.8 Å². The molecule has 0 aliphatic carbocycles. The van der Waals surface area contributed by atoms with Crippen LogP contribution in [0.4, 0.5) is 0 Å². The van der Waals surface area contributed by atoms with Gasteiger partial charge in [-0.3, -0.25) is 0 Å². The summed E-state index contributed by atoms with van der Waals surface area (Å²) in [5.74, 6) is -0.512. The predicted octanol–water partition coefficient (Wildman–Crippen LogP) is 1.62. The Morgan fingerprint density at radius 2 is 2.05 bits per heavy atom. The van der Waals surface area contributed by atoms with E-state index >= 15 is 0 Å². The molecule has 0 spiro atoms. The molecule has 5 nitrogen and oxygen atoms in total. The lowest BCUT2D eigenvalue weighted by molar-refractivity contribution is -0.132. The fraction of sp³-hybridized carbons (Fsp3) is 0.286. The molecular formula is C14H16N2O3. The zero-order valence-electron chi connectivity index (χ0n) is 11.0. The van der Waals surface area contributed by atoms with E-state index in [2.05, 4.69) is 0 Å². The Morgan fingerprint density at radius 1 is 1.42 bits per heavy atom. The Balaban J connectivity index is 2.67. The van der Waals surface area contributed by atoms with E-state index in [1.165, 1.54) is 6.08 Å². The summed E-state index contributed by atoms with van der Waals surface area (Å²) in [5, 5.41) is 17.4. The Morgan fingerprint density at radius 3 is 2.53 bits per heavy atom. The number of carboxylic acids is 1. The molecule has 0 bridgehead atoms. The van der Waals surface area contributed by atoms with E-state index in [4.69, 9.17) is 15.1 Å². The molecule has 1 aromatic rings. The van der Waals surface area contributed by atoms with E-state index in [0.29, 0.717) is 17.9 Å². The highest BCUT2D eigenvalue weighted by molar-refractivity contribution is 5.96. The minimum atomic E-state index is -1.23. The number of nitriles is 1. The Bertz CT molecular complexity index is 498. The summed E-state index contributed by atoms with van der Waals surface area (Å²) in [7, 11) is 3.93. The number of benzene rings is 1. The molecule has 1 N–H and O–H groups in total. The minimum Gasteiger partial charge on any atom is -0.492 e. The zero-order chi connectivity index (χ0) is 14.3. The van der Waals surface area contributed by atoms with Gasteiger partial charge in [0.15, 0.2) is 0 Å². The van der Waals surface area contributed by atoms with E-state index in [1.54, 1.807) is 30.3 Å². The van der Waals surface area contributed by atoms with Crippen LogP contribution in [0.2, 0.25) is 0 Å². The molecule has 0 saturated heterocycles. The zero-order valence-corrected chi connectivity index (χ0v) is 11.0. The van der Waals surface area contributed by atoms with Crippen LogP contribution in [0.5, 0.6) is 5.75 Å². The topological polar surface area (TPSA) is 73.6 Å². The molecule has 0 aromatic heterocycles. The highest BCUT2D eigenvalue weighted by Crippen LogP contribution is 2.14. The van der Waals surface area contributed by atoms with Crippen molar-refractivity contribution >= 4 is 12.0 Å². The first-order chi connectivity index (χ1) is 9.02. The molecule has 19 heavy (non-hydrogen) atoms. The number of rotatable bonds is 6. The molecule has 0 aliphatic rings. The SMILES string of the molecule is CN(C)CCOc1ccc(C=C(C#N)C(=O)O)cc1. The molecule has 0 heterocycles. The summed E-state index contributed by atoms with van der Waals surface area (Å²) in [4.78, 5) is 12.7. The third-order valence-corrected chi connectivity index (χ3v) is 2.35. The van der Waals surface area contributed by atoms with Crippen LogP contribution >= 0.6 is 0 Å². The quantitative estimate of drug-likeness (QED) is 0.621. The maximum atomic E-state index is 10.7. The first-order valence-electron chi connectivity index (χ1n) is 5.75. The standard InChI is InChI=1S/C14H16N2O3/c1-16(2)7-8-19-13-5-3-11(4-6-13)9-12(10-15)14(17)18/h3-6,9H,7-8H2,1-2H3,(H,17,18). The minimum absolute atomic E-state index is 0.290. The molecule has 0 radical (unpaired) electrons. The third-order valence-electron chi connectivity index (χ3n) is 2.35. The normalized spacial score (nSPS) is 11.2. The largest absolute Gasteiger partial charge is 0.492 e. The molecule has 100 valence electrons. The van der Waals surface area contributed by atoms with Crippen molar-refractivity contribution in [1.29, 1.82) is 5.26 Å². The van der Waals surface area contributed by atoms with Gasteiger partial charge < -0.3 is 14.7 Å². The van der Waals surface area contributed by atoms with Crippen molar-refractivity contribution < 1.29 is 14.6 Å². The van der Waals surface area contributed by atoms with Gasteiger partial charge in [0.05, 0.1) is 0 Å². The number of likely N-dealkylation sites (N-methyl/N-ethyl adjacent to an activating group) is 1. The second-order valence-electron chi connectivity index (χ2n) is 4.20. The van der Waals surface area contributed by atoms with Gasteiger partial charge in [0.1, 0.15) is 24.0 Å². The monoisotopic (exact) mass is 260 g/mol. The molecule has 0 saturated carbocycles. The number of carboxylic acid groups (broad SMARTS) is 1. The summed E-state index contributed by atoms with van der Waals surface area (Å²) in [6, 6.07) is 8.56. The molecule has 0 fully saturated rings. The molecule has 1 rings (SSSR count). The number of ether oxygens (including phenoxy) is 1. The van der Waals surface area contributed by atoms with Crippen LogP contribution in [0.1, 0.15) is 5.56 Å². The first kappa shape index (κ1) is 14.7. The summed E-state index contributed by atoms with van der Waals surface area (Å²) in [6.45, 7) is 1.40. The summed E-state index contributed by atoms with van der Waals surface area (Å²) >= 11 is 0. The number of carbonyl (C=O) groups is 1. The molecule has 1 aromatic carbocycles. The number of aliphatic carboxylic acids is 1. The smallest absolute Gasteiger partial charge is 0.346 e. The van der Waals surface area contributed by atoms with Crippen molar-refractivity contribution in [2.24, 2.45) is 0 Å². The lowest BCUT2D eigenvalue weighted by Crippen LogP contribution is -2.19. The highest BCUT2D eigenvalue weighted by Gasteiger charge is 2.05. The van der Waals surface area contributed by atoms with E-state index in [9.17, 15) is 4.79 Å². The van der Waals surface area contributed by atoms with Crippen molar-refractivity contribution in [3.05, 3.63) is 35.4 Å². The number of hydrogen-bond acceptors (Lipinski definition) is 4. The summed E-state index contributed by atoms with van der Waals surface area (Å²) in [5.41, 5.74) is 0.361. The molecule has 0 amide bonds. The number of hydrogen-bond donors (Lipinski definition) is 1. The van der Waals surface area contributed by atoms with E-state index in [-0.39, 0.29) is 5.57 Å². The van der Waals surface area contributed by atoms with Gasteiger partial charge in [-0.15, -0.1) is 0 Å². The van der Waals surface area contributed by atoms with Gasteiger partial charge in [0.2, 0.25) is 0 Å². The van der Waals surface area contributed by atoms with Gasteiger partial charge in [0, 0.05) is 6.54 Å². The van der Waals surface area contributed by atoms with Crippen LogP contribution in [0.3, 0.4) is 0 Å². The van der Waals surface area contributed by atoms with Crippen LogP contribution in [0.15, 0.2) is 29.8 Å². The Hall–Kier alpha value is -2.32. The fourth-order valence-corrected chi connectivity index (χ4v) is 1.31. The van der Waals surface area contributed by atoms with Crippen molar-refractivity contribution in [3.63, 3.8) is 0 Å². The van der Waals surface area contributed by atoms with Crippen LogP contribution in [-0.4, -0.2) is 43.2 Å². The third kappa shape index (κ3) is 5.23. The molecule has 0 unspecified atom stereocenters. The van der Waals surface area contributed by atoms with E-state index in [0.717, 1.165) is 6.54 Å². The second kappa shape index (κ2) is 7.19. The Kier molecular flexibility index (Phi) is 5.58. The van der Waals surface area contributed by atoms with Gasteiger partial charge in [0.25, 0.3) is 0 Å². The van der Waals surface area contributed by atoms with Crippen molar-refractivity contribution in [2.45, 2.75) is 0 Å². The number of nitrogens with zero attached hydrogens (tertiary/aromatic N) is 2. The van der Waals surface area contributed by atoms with Gasteiger partial charge >= 0.3 is 5.97 Å². The average molecular weight is 260 g/mol. The van der Waals surface area contributed by atoms with Gasteiger partial charge in [-0.05, 0) is 37.9 Å². The van der Waals surface area contributed by atoms with Gasteiger partial charge in [-0.1, -0.05) is 12.1 Å². The highest BCUT2D eigenvalue weighted by atomic mass is 16.5. The summed E-state index contributed by atoms with van der Waals surface area (Å²) < 4.78 is 5.51. The van der Waals surface area contributed by atoms with Gasteiger partial charge in [-0.2, -0.15) is 5.26 Å². The van der Waals surface area contributed by atoms with Crippen LogP contribution < -0.4 is 4.74 Å². The van der Waals surface area contributed by atoms with Crippen LogP contribution in [0.25, 0.3) is 6.08 Å². The first-order valence-corrected chi connectivity index (χ1v) is 5.75. The molecule has 0 atom stereocenters. The second-order valence-corrected chi connectivity index (χ2v) is 4.20. The maximum absolute atomic E-state index is 10.7. The summed E-state index contributed by atoms with van der Waals surface area (Å²) in [6.07, 6.45) is 1.33. The van der Waals surface area contributed by atoms with Crippen LogP contribution in [-0.2, 0) is 4.79 Å². The maximum Gasteiger partial charge on any atom is 0.346 e. The van der Waals surface area contributed by atoms with Crippen molar-refractivity contribution in [2.75, 3.05) is 27.2 Å². The van der Waals surface area contributed by atoms with Crippen molar-refractivity contribution in [1.82, 2.24) is 4.90 Å². The molecule has 0 aliphatic heterocycles. The fourth-order valence-electron chi connectivity index (χ4n) is 1.31. The lowest BCUT2D eigenvalue weighted by Gasteiger charge is -2.10. The van der Waals surface area contributed by atoms with Crippen LogP contribution in [0, 0.1) is 11.3 Å². The van der Waals surface area contributed by atoms with E-state index in [1.807, 2.05) is 19.0 Å². The lowest BCUT2D eigenvalue weighted by atomic mass is 10.1. The molecule has 5 heteroatoms. The average Bonchev–Trinajstić information content (AvgIpc) is 2.37. The molecular weight excluding hydrogens is 244 g/mol. The Labute approximate surface area is 112 Å².